The van der Waals surface area contributed by atoms with Crippen LogP contribution in [0.5, 0.6) is 0 Å². The van der Waals surface area contributed by atoms with Gasteiger partial charge in [0, 0.05) is 6.42 Å². The van der Waals surface area contributed by atoms with Gasteiger partial charge in [-0.05, 0) is 40.0 Å². The summed E-state index contributed by atoms with van der Waals surface area (Å²) in [6.45, 7) is 6.49. The summed E-state index contributed by atoms with van der Waals surface area (Å²) in [5.41, 5.74) is 0. The van der Waals surface area contributed by atoms with Gasteiger partial charge >= 0.3 is 11.9 Å². The molecule has 0 amide bonds. The quantitative estimate of drug-likeness (QED) is 0.112. The summed E-state index contributed by atoms with van der Waals surface area (Å²) in [4.78, 5) is 35.1. The lowest BCUT2D eigenvalue weighted by Crippen LogP contribution is -2.71. The number of rotatable bonds is 23. The maximum absolute atomic E-state index is 11.7. The lowest BCUT2D eigenvalue weighted by Gasteiger charge is -2.49. The van der Waals surface area contributed by atoms with E-state index in [1.54, 1.807) is 0 Å². The topological polar surface area (TPSA) is 115 Å². The van der Waals surface area contributed by atoms with Crippen molar-refractivity contribution in [2.24, 2.45) is 0 Å². The third kappa shape index (κ3) is 12.6. The number of carbonyl (C=O) groups is 3. The molecular weight excluding hydrogens is 446 g/mol. The van der Waals surface area contributed by atoms with Crippen molar-refractivity contribution in [1.82, 2.24) is 0 Å². The fraction of sp³-hybridized carbons (Fsp3) is 0.821. The molecule has 0 aromatic rings. The predicted molar refractivity (Wildman–Crippen MR) is 138 cm³/mol. The van der Waals surface area contributed by atoms with Crippen molar-refractivity contribution >= 4 is 17.9 Å². The van der Waals surface area contributed by atoms with Gasteiger partial charge in [0.25, 0.3) is 0 Å². The summed E-state index contributed by atoms with van der Waals surface area (Å²) in [5.74, 6) is -3.86. The highest BCUT2D eigenvalue weighted by Gasteiger charge is 2.50. The van der Waals surface area contributed by atoms with Crippen LogP contribution in [0.15, 0.2) is 12.2 Å². The Bertz CT molecular complexity index is 583. The molecule has 0 aliphatic rings. The Morgan fingerprint density at radius 1 is 0.657 bits per heavy atom. The number of carbonyl (C=O) groups excluding carboxylic acids is 1. The predicted octanol–water partition coefficient (Wildman–Crippen LogP) is 5.32. The van der Waals surface area contributed by atoms with E-state index in [-0.39, 0.29) is 6.54 Å². The maximum atomic E-state index is 11.7. The molecule has 7 nitrogen and oxygen atoms in total. The number of carboxylic acids is 3. The van der Waals surface area contributed by atoms with Gasteiger partial charge in [-0.25, -0.2) is 9.59 Å². The number of unbranched alkanes of at least 4 members (excludes halogenated alkanes) is 13. The number of hydrogen-bond acceptors (Lipinski definition) is 4. The van der Waals surface area contributed by atoms with Crippen LogP contribution in [0.3, 0.4) is 0 Å². The standard InChI is InChI=1S/C28H51NO6/c1-5-6-7-8-9-10-11-12-13-14-15-16-17-18-19-20-21-22-29(23(2)26(30)31,24(3)27(32)33)25(4)28(34)35/h18-19,23-25H,5-17,20-22H2,1-4H3,(H2-,30,31,32,33,34,35)/b19-18+. The minimum atomic E-state index is -1.44. The van der Waals surface area contributed by atoms with Gasteiger partial charge in [0.05, 0.1) is 12.5 Å². The van der Waals surface area contributed by atoms with E-state index in [4.69, 9.17) is 0 Å². The van der Waals surface area contributed by atoms with E-state index in [0.29, 0.717) is 12.8 Å². The van der Waals surface area contributed by atoms with Crippen LogP contribution >= 0.6 is 0 Å². The maximum Gasteiger partial charge on any atom is 0.362 e. The van der Waals surface area contributed by atoms with Crippen LogP contribution in [0.1, 0.15) is 124 Å². The van der Waals surface area contributed by atoms with E-state index in [2.05, 4.69) is 13.0 Å². The molecule has 204 valence electrons. The van der Waals surface area contributed by atoms with Gasteiger partial charge in [0.15, 0.2) is 12.1 Å². The molecule has 0 aliphatic heterocycles. The van der Waals surface area contributed by atoms with Gasteiger partial charge in [-0.3, -0.25) is 4.48 Å². The van der Waals surface area contributed by atoms with Crippen LogP contribution in [-0.4, -0.2) is 57.3 Å². The number of quaternary nitrogens is 1. The SMILES string of the molecule is CCCCCCCCCCCCCC/C=C/CCC[N+](C(C)C(=O)[O-])(C(C)C(=O)O)C(C)C(=O)O. The van der Waals surface area contributed by atoms with E-state index in [0.717, 1.165) is 12.8 Å². The molecular formula is C28H51NO6. The van der Waals surface area contributed by atoms with E-state index < -0.39 is 40.5 Å². The van der Waals surface area contributed by atoms with Crippen molar-refractivity contribution in [3.8, 4) is 0 Å². The molecule has 0 rings (SSSR count). The Hall–Kier alpha value is -1.89. The lowest BCUT2D eigenvalue weighted by molar-refractivity contribution is -0.969. The zero-order valence-electron chi connectivity index (χ0n) is 22.7. The Morgan fingerprint density at radius 2 is 1.03 bits per heavy atom. The Balaban J connectivity index is 4.35. The molecule has 0 aromatic carbocycles. The Labute approximate surface area is 213 Å². The summed E-state index contributed by atoms with van der Waals surface area (Å²) in [5, 5.41) is 30.8. The molecule has 7 heteroatoms. The first-order valence-electron chi connectivity index (χ1n) is 13.8. The third-order valence-electron chi connectivity index (χ3n) is 7.53. The molecule has 0 saturated carbocycles. The molecule has 0 heterocycles. The molecule has 3 unspecified atom stereocenters. The first kappa shape index (κ1) is 33.1. The number of allylic oxidation sites excluding steroid dienone is 2. The van der Waals surface area contributed by atoms with Crippen LogP contribution < -0.4 is 5.11 Å². The highest BCUT2D eigenvalue weighted by molar-refractivity contribution is 5.76. The fourth-order valence-corrected chi connectivity index (χ4v) is 5.02. The van der Waals surface area contributed by atoms with E-state index >= 15 is 0 Å². The number of aliphatic carboxylic acids is 3. The van der Waals surface area contributed by atoms with Gasteiger partial charge in [-0.15, -0.1) is 0 Å². The second kappa shape index (κ2) is 19.3. The van der Waals surface area contributed by atoms with Crippen molar-refractivity contribution in [2.45, 2.75) is 142 Å². The number of nitrogens with zero attached hydrogens (tertiary/aromatic N) is 1. The lowest BCUT2D eigenvalue weighted by atomic mass is 10.0. The Kier molecular flexibility index (Phi) is 18.3. The van der Waals surface area contributed by atoms with E-state index in [1.165, 1.54) is 91.4 Å². The molecule has 0 aromatic heterocycles. The first-order valence-corrected chi connectivity index (χ1v) is 13.8. The molecule has 3 atom stereocenters. The minimum absolute atomic E-state index is 0.138. The van der Waals surface area contributed by atoms with Gasteiger partial charge in [-0.2, -0.15) is 0 Å². The van der Waals surface area contributed by atoms with Crippen LogP contribution in [0, 0.1) is 0 Å². The number of hydrogen-bond donors (Lipinski definition) is 2. The zero-order chi connectivity index (χ0) is 26.7. The van der Waals surface area contributed by atoms with Gasteiger partial charge < -0.3 is 20.1 Å². The minimum Gasteiger partial charge on any atom is -0.544 e. The van der Waals surface area contributed by atoms with Gasteiger partial charge in [0.1, 0.15) is 6.04 Å². The van der Waals surface area contributed by atoms with Crippen molar-refractivity contribution < 1.29 is 34.2 Å². The highest BCUT2D eigenvalue weighted by atomic mass is 16.4. The monoisotopic (exact) mass is 497 g/mol. The third-order valence-corrected chi connectivity index (χ3v) is 7.53. The smallest absolute Gasteiger partial charge is 0.362 e. The average molecular weight is 498 g/mol. The Morgan fingerprint density at radius 3 is 1.40 bits per heavy atom. The molecule has 0 radical (unpaired) electrons. The summed E-state index contributed by atoms with van der Waals surface area (Å²) in [6, 6.07) is -3.62. The van der Waals surface area contributed by atoms with Crippen molar-refractivity contribution in [1.29, 1.82) is 0 Å². The average Bonchev–Trinajstić information content (AvgIpc) is 2.82. The molecule has 0 fully saturated rings. The normalized spacial score (nSPS) is 16.0. The molecule has 0 spiro atoms. The van der Waals surface area contributed by atoms with Crippen molar-refractivity contribution in [2.75, 3.05) is 6.54 Å². The van der Waals surface area contributed by atoms with Crippen molar-refractivity contribution in [3.63, 3.8) is 0 Å². The summed E-state index contributed by atoms with van der Waals surface area (Å²) in [7, 11) is 0. The second-order valence-electron chi connectivity index (χ2n) is 10.0. The molecule has 0 bridgehead atoms. The highest BCUT2D eigenvalue weighted by Crippen LogP contribution is 2.27. The molecule has 2 N–H and O–H groups in total. The van der Waals surface area contributed by atoms with Gasteiger partial charge in [-0.1, -0.05) is 89.7 Å². The summed E-state index contributed by atoms with van der Waals surface area (Å²) in [6.07, 6.45) is 22.1. The first-order chi connectivity index (χ1) is 16.6. The fourth-order valence-electron chi connectivity index (χ4n) is 5.02. The van der Waals surface area contributed by atoms with Crippen molar-refractivity contribution in [3.05, 3.63) is 12.2 Å². The van der Waals surface area contributed by atoms with Gasteiger partial charge in [0.2, 0.25) is 0 Å². The summed E-state index contributed by atoms with van der Waals surface area (Å²) >= 11 is 0. The molecule has 0 aliphatic carbocycles. The van der Waals surface area contributed by atoms with Crippen LogP contribution in [-0.2, 0) is 14.4 Å². The largest absolute Gasteiger partial charge is 0.544 e. The second-order valence-corrected chi connectivity index (χ2v) is 10.0. The molecule has 35 heavy (non-hydrogen) atoms. The van der Waals surface area contributed by atoms with Crippen LogP contribution in [0.2, 0.25) is 0 Å². The van der Waals surface area contributed by atoms with Crippen LogP contribution in [0.4, 0.5) is 0 Å². The number of carboxylic acid groups (broad SMARTS) is 3. The summed E-state index contributed by atoms with van der Waals surface area (Å²) < 4.78 is -0.570. The zero-order valence-corrected chi connectivity index (χ0v) is 22.7. The van der Waals surface area contributed by atoms with E-state index in [9.17, 15) is 29.7 Å². The molecule has 0 saturated heterocycles. The van der Waals surface area contributed by atoms with E-state index in [1.807, 2.05) is 6.08 Å². The van der Waals surface area contributed by atoms with Crippen LogP contribution in [0.25, 0.3) is 0 Å².